The van der Waals surface area contributed by atoms with E-state index in [0.29, 0.717) is 23.4 Å². The van der Waals surface area contributed by atoms with Crippen LogP contribution in [0.2, 0.25) is 0 Å². The second-order valence-corrected chi connectivity index (χ2v) is 24.0. The number of carbonyl (C=O) groups is 4. The summed E-state index contributed by atoms with van der Waals surface area (Å²) < 4.78 is 32.7. The second-order valence-electron chi connectivity index (χ2n) is 17.6. The molecule has 0 aliphatic heterocycles. The third kappa shape index (κ3) is 17.2. The van der Waals surface area contributed by atoms with Crippen LogP contribution in [0.1, 0.15) is 112 Å². The molecule has 3 amide bonds. The zero-order valence-electron chi connectivity index (χ0n) is 37.4. The normalized spacial score (nSPS) is 12.4. The third-order valence-electron chi connectivity index (χ3n) is 10.4. The largest absolute Gasteiger partial charge is 0.477 e. The number of anilines is 2. The highest BCUT2D eigenvalue weighted by Gasteiger charge is 2.26. The van der Waals surface area contributed by atoms with Crippen molar-refractivity contribution in [3.8, 4) is 0 Å². The molecule has 0 fully saturated rings. The van der Waals surface area contributed by atoms with Crippen LogP contribution in [-0.4, -0.2) is 54.1 Å². The number of carboxylic acid groups (broad SMARTS) is 1. The molecule has 0 bridgehead atoms. The number of aromatic carboxylic acids is 1. The predicted molar refractivity (Wildman–Crippen MR) is 290 cm³/mol. The number of hydrogen-bond donors (Lipinski definition) is 5. The SMILES string of the molecule is C.CC(C)(C)c1ccc(C(Cc2ccc(C(=O)NCCS(=O)(=O)O)s2)C(=O)Nc2ccc(I)cc2)cc1.CC(C)(C)c1ccc(C(Cc2ccc(C(=O)O)s2)C(=O)Nc2ccc(I)cc2)cc1. The molecule has 0 aliphatic rings. The Morgan fingerprint density at radius 3 is 1.30 bits per heavy atom. The van der Waals surface area contributed by atoms with E-state index in [2.05, 4.69) is 115 Å². The fourth-order valence-electron chi connectivity index (χ4n) is 6.68. The van der Waals surface area contributed by atoms with Crippen molar-refractivity contribution in [2.24, 2.45) is 0 Å². The van der Waals surface area contributed by atoms with Crippen LogP contribution in [0.5, 0.6) is 0 Å². The molecule has 0 radical (unpaired) electrons. The quantitative estimate of drug-likeness (QED) is 0.0498. The molecule has 2 unspecified atom stereocenters. The lowest BCUT2D eigenvalue weighted by Crippen LogP contribution is -2.28. The van der Waals surface area contributed by atoms with Gasteiger partial charge in [0.05, 0.1) is 22.5 Å². The van der Waals surface area contributed by atoms with Gasteiger partial charge in [0.15, 0.2) is 0 Å². The van der Waals surface area contributed by atoms with Crippen molar-refractivity contribution in [2.75, 3.05) is 22.9 Å². The summed E-state index contributed by atoms with van der Waals surface area (Å²) in [5.74, 6) is -3.07. The number of halogens is 2. The van der Waals surface area contributed by atoms with Gasteiger partial charge >= 0.3 is 5.97 Å². The third-order valence-corrected chi connectivity index (χ3v) is 14.8. The van der Waals surface area contributed by atoms with Crippen molar-refractivity contribution in [3.63, 3.8) is 0 Å². The van der Waals surface area contributed by atoms with Gasteiger partial charge in [0.1, 0.15) is 4.88 Å². The molecule has 356 valence electrons. The summed E-state index contributed by atoms with van der Waals surface area (Å²) in [6.07, 6.45) is 0.844. The number of carboxylic acids is 1. The Morgan fingerprint density at radius 2 is 0.955 bits per heavy atom. The van der Waals surface area contributed by atoms with E-state index in [1.807, 2.05) is 84.9 Å². The highest BCUT2D eigenvalue weighted by atomic mass is 127. The Kier molecular flexibility index (Phi) is 19.9. The molecule has 2 atom stereocenters. The second kappa shape index (κ2) is 24.2. The first-order chi connectivity index (χ1) is 30.9. The molecular weight excluding hydrogens is 1130 g/mol. The summed E-state index contributed by atoms with van der Waals surface area (Å²) in [6, 6.07) is 38.3. The Balaban J connectivity index is 0.000000293. The number of thiophene rings is 2. The number of rotatable bonds is 15. The van der Waals surface area contributed by atoms with Gasteiger partial charge in [0, 0.05) is 34.8 Å². The first-order valence-corrected chi connectivity index (χ1v) is 26.3. The van der Waals surface area contributed by atoms with E-state index in [9.17, 15) is 32.7 Å². The van der Waals surface area contributed by atoms with Gasteiger partial charge in [0.25, 0.3) is 16.0 Å². The maximum absolute atomic E-state index is 13.4. The number of carbonyl (C=O) groups excluding carboxylic acids is 3. The maximum atomic E-state index is 13.4. The summed E-state index contributed by atoms with van der Waals surface area (Å²) in [5, 5.41) is 17.7. The lowest BCUT2D eigenvalue weighted by atomic mass is 9.85. The molecule has 4 aromatic carbocycles. The minimum atomic E-state index is -4.15. The molecule has 2 heterocycles. The topological polar surface area (TPSA) is 179 Å². The fourth-order valence-corrected chi connectivity index (χ4v) is 9.62. The molecule has 16 heteroatoms. The van der Waals surface area contributed by atoms with E-state index in [4.69, 9.17) is 4.55 Å². The van der Waals surface area contributed by atoms with Gasteiger partial charge in [-0.1, -0.05) is 97.5 Å². The fraction of sp³-hybridized carbons (Fsp3) is 0.294. The van der Waals surface area contributed by atoms with Gasteiger partial charge < -0.3 is 21.1 Å². The molecule has 0 saturated heterocycles. The molecule has 11 nitrogen and oxygen atoms in total. The zero-order chi connectivity index (χ0) is 48.4. The standard InChI is InChI=1S/C26H29IN2O5S2.C24H24INO3S.CH4/c1-26(2,3)18-6-4-17(5-7-18)22(24(30)29-20-10-8-19(27)9-11-20)16-21-12-13-23(35-21)25(31)28-14-15-36(32,33)34;1-24(2,3)16-6-4-15(5-7-16)20(14-19-12-13-21(30-19)23(28)29)22(27)26-18-10-8-17(25)9-11-18;/h4-13,22H,14-16H2,1-3H3,(H,28,31)(H,29,30)(H,32,33,34);4-13,20H,14H2,1-3H3,(H,26,27)(H,28,29);1H4. The minimum Gasteiger partial charge on any atom is -0.477 e. The van der Waals surface area contributed by atoms with Crippen molar-refractivity contribution >= 4 is 113 Å². The predicted octanol–water partition coefficient (Wildman–Crippen LogP) is 12.2. The van der Waals surface area contributed by atoms with Gasteiger partial charge in [-0.2, -0.15) is 8.42 Å². The van der Waals surface area contributed by atoms with Crippen LogP contribution in [0.15, 0.2) is 121 Å². The van der Waals surface area contributed by atoms with E-state index < -0.39 is 39.6 Å². The van der Waals surface area contributed by atoms with Crippen molar-refractivity contribution in [2.45, 2.75) is 84.5 Å². The molecule has 2 aromatic heterocycles. The van der Waals surface area contributed by atoms with Crippen LogP contribution in [0.25, 0.3) is 0 Å². The first-order valence-electron chi connectivity index (χ1n) is 20.9. The maximum Gasteiger partial charge on any atom is 0.345 e. The van der Waals surface area contributed by atoms with Crippen molar-refractivity contribution in [1.29, 1.82) is 0 Å². The summed E-state index contributed by atoms with van der Waals surface area (Å²) in [4.78, 5) is 52.6. The van der Waals surface area contributed by atoms with Crippen LogP contribution in [0.3, 0.4) is 0 Å². The molecular formula is C51H57I2N3O8S3. The van der Waals surface area contributed by atoms with Crippen LogP contribution in [-0.2, 0) is 43.4 Å². The molecule has 0 aliphatic carbocycles. The van der Waals surface area contributed by atoms with Crippen LogP contribution >= 0.6 is 67.9 Å². The Morgan fingerprint density at radius 1 is 0.582 bits per heavy atom. The summed E-state index contributed by atoms with van der Waals surface area (Å²) in [6.45, 7) is 12.7. The van der Waals surface area contributed by atoms with Crippen molar-refractivity contribution in [1.82, 2.24) is 5.32 Å². The number of benzene rings is 4. The van der Waals surface area contributed by atoms with Crippen LogP contribution in [0.4, 0.5) is 11.4 Å². The van der Waals surface area contributed by atoms with Crippen molar-refractivity contribution in [3.05, 3.63) is 170 Å². The average molecular weight is 1190 g/mol. The van der Waals surface area contributed by atoms with Gasteiger partial charge in [-0.15, -0.1) is 22.7 Å². The first kappa shape index (κ1) is 55.1. The molecule has 0 saturated carbocycles. The highest BCUT2D eigenvalue weighted by molar-refractivity contribution is 14.1. The lowest BCUT2D eigenvalue weighted by Gasteiger charge is -2.21. The van der Waals surface area contributed by atoms with E-state index >= 15 is 0 Å². The van der Waals surface area contributed by atoms with Crippen molar-refractivity contribution < 1.29 is 37.3 Å². The number of amides is 3. The number of hydrogen-bond acceptors (Lipinski definition) is 8. The Hall–Kier alpha value is -4.47. The molecule has 0 spiro atoms. The summed E-state index contributed by atoms with van der Waals surface area (Å²) in [7, 11) is -4.15. The van der Waals surface area contributed by atoms with Gasteiger partial charge in [-0.25, -0.2) is 4.79 Å². The molecule has 67 heavy (non-hydrogen) atoms. The average Bonchev–Trinajstić information content (AvgIpc) is 3.93. The summed E-state index contributed by atoms with van der Waals surface area (Å²) in [5.41, 5.74) is 5.63. The van der Waals surface area contributed by atoms with Gasteiger partial charge in [0.2, 0.25) is 11.8 Å². The van der Waals surface area contributed by atoms with Crippen LogP contribution < -0.4 is 16.0 Å². The molecule has 5 N–H and O–H groups in total. The Labute approximate surface area is 429 Å². The van der Waals surface area contributed by atoms with E-state index in [0.717, 1.165) is 33.7 Å². The zero-order valence-corrected chi connectivity index (χ0v) is 44.1. The van der Waals surface area contributed by atoms with E-state index in [1.54, 1.807) is 24.3 Å². The monoisotopic (exact) mass is 1190 g/mol. The van der Waals surface area contributed by atoms with E-state index in [1.165, 1.54) is 33.8 Å². The summed E-state index contributed by atoms with van der Waals surface area (Å²) >= 11 is 6.90. The Bertz CT molecular complexity index is 2720. The van der Waals surface area contributed by atoms with E-state index in [-0.39, 0.29) is 41.5 Å². The number of nitrogens with one attached hydrogen (secondary N) is 3. The lowest BCUT2D eigenvalue weighted by molar-refractivity contribution is -0.118. The van der Waals surface area contributed by atoms with Gasteiger partial charge in [-0.05, 0) is 164 Å². The smallest absolute Gasteiger partial charge is 0.345 e. The molecule has 6 rings (SSSR count). The van der Waals surface area contributed by atoms with Crippen LogP contribution in [0, 0.1) is 7.14 Å². The minimum absolute atomic E-state index is 0. The highest BCUT2D eigenvalue weighted by Crippen LogP contribution is 2.32. The molecule has 6 aromatic rings. The van der Waals surface area contributed by atoms with Gasteiger partial charge in [-0.3, -0.25) is 18.9 Å².